The van der Waals surface area contributed by atoms with Crippen molar-refractivity contribution in [3.8, 4) is 5.75 Å². The Bertz CT molecular complexity index is 484. The van der Waals surface area contributed by atoms with Gasteiger partial charge in [-0.3, -0.25) is 4.79 Å². The van der Waals surface area contributed by atoms with Gasteiger partial charge >= 0.3 is 11.9 Å². The summed E-state index contributed by atoms with van der Waals surface area (Å²) in [6.07, 6.45) is -0.132. The van der Waals surface area contributed by atoms with E-state index in [0.29, 0.717) is 5.56 Å². The molecule has 0 bridgehead atoms. The molecule has 0 saturated carbocycles. The molecular formula is C12H15NO5. The number of hydrogen-bond acceptors (Lipinski definition) is 5. The van der Waals surface area contributed by atoms with Gasteiger partial charge in [-0.25, -0.2) is 4.79 Å². The van der Waals surface area contributed by atoms with E-state index in [0.717, 1.165) is 0 Å². The van der Waals surface area contributed by atoms with Crippen LogP contribution in [0.2, 0.25) is 0 Å². The van der Waals surface area contributed by atoms with Crippen LogP contribution in [0.4, 0.5) is 0 Å². The Balaban J connectivity index is 3.16. The van der Waals surface area contributed by atoms with Crippen molar-refractivity contribution in [1.82, 2.24) is 0 Å². The number of hydrogen-bond donors (Lipinski definition) is 3. The van der Waals surface area contributed by atoms with Gasteiger partial charge in [0.25, 0.3) is 0 Å². The van der Waals surface area contributed by atoms with Crippen molar-refractivity contribution in [1.29, 1.82) is 0 Å². The molecule has 0 saturated heterocycles. The first-order valence-electron chi connectivity index (χ1n) is 5.26. The van der Waals surface area contributed by atoms with E-state index in [1.807, 2.05) is 0 Å². The Morgan fingerprint density at radius 2 is 2.06 bits per heavy atom. The molecule has 6 heteroatoms. The number of ether oxygens (including phenoxy) is 1. The SMILES string of the molecule is COC(=O)C[C@@H](N)c1cc(C)cc(C(=O)O)c1O. The number of carbonyl (C=O) groups excluding carboxylic acids is 1. The van der Waals surface area contributed by atoms with Crippen LogP contribution in [0.3, 0.4) is 0 Å². The number of nitrogens with two attached hydrogens (primary N) is 1. The highest BCUT2D eigenvalue weighted by atomic mass is 16.5. The lowest BCUT2D eigenvalue weighted by atomic mass is 9.97. The van der Waals surface area contributed by atoms with Gasteiger partial charge in [0.15, 0.2) is 0 Å². The first kappa shape index (κ1) is 14.0. The fourth-order valence-electron chi connectivity index (χ4n) is 1.63. The van der Waals surface area contributed by atoms with E-state index in [-0.39, 0.29) is 17.5 Å². The third-order valence-electron chi connectivity index (χ3n) is 2.53. The van der Waals surface area contributed by atoms with E-state index in [2.05, 4.69) is 4.74 Å². The predicted molar refractivity (Wildman–Crippen MR) is 63.4 cm³/mol. The van der Waals surface area contributed by atoms with Crippen molar-refractivity contribution in [2.24, 2.45) is 5.73 Å². The summed E-state index contributed by atoms with van der Waals surface area (Å²) in [5.41, 5.74) is 6.38. The molecule has 0 aromatic heterocycles. The molecule has 0 spiro atoms. The molecule has 0 heterocycles. The van der Waals surface area contributed by atoms with Gasteiger partial charge < -0.3 is 20.7 Å². The highest BCUT2D eigenvalue weighted by Crippen LogP contribution is 2.30. The summed E-state index contributed by atoms with van der Waals surface area (Å²) >= 11 is 0. The third kappa shape index (κ3) is 2.98. The lowest BCUT2D eigenvalue weighted by molar-refractivity contribution is -0.141. The zero-order chi connectivity index (χ0) is 13.9. The van der Waals surface area contributed by atoms with Gasteiger partial charge in [0, 0.05) is 11.6 Å². The first-order valence-corrected chi connectivity index (χ1v) is 5.26. The molecule has 0 aliphatic heterocycles. The summed E-state index contributed by atoms with van der Waals surface area (Å²) in [5.74, 6) is -2.19. The number of carboxylic acids is 1. The van der Waals surface area contributed by atoms with Crippen molar-refractivity contribution in [3.05, 3.63) is 28.8 Å². The van der Waals surface area contributed by atoms with Crippen molar-refractivity contribution in [2.75, 3.05) is 7.11 Å². The van der Waals surface area contributed by atoms with Gasteiger partial charge in [0.05, 0.1) is 13.5 Å². The molecule has 18 heavy (non-hydrogen) atoms. The molecule has 4 N–H and O–H groups in total. The molecule has 1 rings (SSSR count). The van der Waals surface area contributed by atoms with Crippen LogP contribution in [0.1, 0.15) is 33.9 Å². The van der Waals surface area contributed by atoms with E-state index >= 15 is 0 Å². The molecule has 98 valence electrons. The van der Waals surface area contributed by atoms with Gasteiger partial charge in [-0.2, -0.15) is 0 Å². The summed E-state index contributed by atoms with van der Waals surface area (Å²) < 4.78 is 4.47. The van der Waals surface area contributed by atoms with E-state index in [4.69, 9.17) is 10.8 Å². The molecule has 0 fully saturated rings. The minimum absolute atomic E-state index is 0.132. The number of aryl methyl sites for hydroxylation is 1. The van der Waals surface area contributed by atoms with E-state index in [9.17, 15) is 14.7 Å². The second-order valence-electron chi connectivity index (χ2n) is 3.94. The number of carboxylic acid groups (broad SMARTS) is 1. The number of rotatable bonds is 4. The maximum absolute atomic E-state index is 11.1. The molecule has 0 aliphatic rings. The number of phenols is 1. The zero-order valence-corrected chi connectivity index (χ0v) is 10.1. The van der Waals surface area contributed by atoms with Crippen LogP contribution >= 0.6 is 0 Å². The van der Waals surface area contributed by atoms with Crippen LogP contribution in [0.15, 0.2) is 12.1 Å². The Kier molecular flexibility index (Phi) is 4.28. The largest absolute Gasteiger partial charge is 0.507 e. The summed E-state index contributed by atoms with van der Waals surface area (Å²) in [6, 6.07) is 2.08. The standard InChI is InChI=1S/C12H15NO5/c1-6-3-7(9(13)5-10(14)18-2)11(15)8(4-6)12(16)17/h3-4,9,15H,5,13H2,1-2H3,(H,16,17)/t9-/m1/s1. The Morgan fingerprint density at radius 1 is 1.44 bits per heavy atom. The van der Waals surface area contributed by atoms with Crippen molar-refractivity contribution in [3.63, 3.8) is 0 Å². The molecule has 6 nitrogen and oxygen atoms in total. The Labute approximate surface area is 104 Å². The van der Waals surface area contributed by atoms with Gasteiger partial charge in [-0.05, 0) is 18.6 Å². The van der Waals surface area contributed by atoms with Crippen molar-refractivity contribution in [2.45, 2.75) is 19.4 Å². The molecule has 0 radical (unpaired) electrons. The first-order chi connectivity index (χ1) is 8.36. The minimum Gasteiger partial charge on any atom is -0.507 e. The van der Waals surface area contributed by atoms with Crippen LogP contribution in [0.5, 0.6) is 5.75 Å². The predicted octanol–water partition coefficient (Wildman–Crippen LogP) is 0.962. The summed E-state index contributed by atoms with van der Waals surface area (Å²) in [5, 5.41) is 18.8. The molecule has 1 aromatic rings. The van der Waals surface area contributed by atoms with Gasteiger partial charge in [0.1, 0.15) is 11.3 Å². The number of carbonyl (C=O) groups is 2. The number of methoxy groups -OCH3 is 1. The number of benzene rings is 1. The van der Waals surface area contributed by atoms with Gasteiger partial charge in [-0.1, -0.05) is 6.07 Å². The van der Waals surface area contributed by atoms with E-state index < -0.39 is 23.7 Å². The molecule has 0 aliphatic carbocycles. The normalized spacial score (nSPS) is 11.9. The van der Waals surface area contributed by atoms with Crippen molar-refractivity contribution >= 4 is 11.9 Å². The summed E-state index contributed by atoms with van der Waals surface area (Å²) in [4.78, 5) is 22.0. The van der Waals surface area contributed by atoms with E-state index in [1.54, 1.807) is 13.0 Å². The molecule has 0 unspecified atom stereocenters. The quantitative estimate of drug-likeness (QED) is 0.689. The second-order valence-corrected chi connectivity index (χ2v) is 3.94. The van der Waals surface area contributed by atoms with Crippen LogP contribution in [0, 0.1) is 6.92 Å². The summed E-state index contributed by atoms with van der Waals surface area (Å²) in [6.45, 7) is 1.68. The fourth-order valence-corrected chi connectivity index (χ4v) is 1.63. The van der Waals surface area contributed by atoms with E-state index in [1.165, 1.54) is 13.2 Å². The van der Waals surface area contributed by atoms with Crippen LogP contribution in [-0.4, -0.2) is 29.3 Å². The highest BCUT2D eigenvalue weighted by molar-refractivity contribution is 5.91. The monoisotopic (exact) mass is 253 g/mol. The lowest BCUT2D eigenvalue weighted by Gasteiger charge is -2.15. The zero-order valence-electron chi connectivity index (χ0n) is 10.1. The van der Waals surface area contributed by atoms with Crippen LogP contribution < -0.4 is 5.73 Å². The number of aromatic hydroxyl groups is 1. The molecule has 1 atom stereocenters. The lowest BCUT2D eigenvalue weighted by Crippen LogP contribution is -2.17. The Hall–Kier alpha value is -2.08. The number of aromatic carboxylic acids is 1. The average Bonchev–Trinajstić information content (AvgIpc) is 2.30. The third-order valence-corrected chi connectivity index (χ3v) is 2.53. The average molecular weight is 253 g/mol. The van der Waals surface area contributed by atoms with Crippen molar-refractivity contribution < 1.29 is 24.5 Å². The van der Waals surface area contributed by atoms with Gasteiger partial charge in [-0.15, -0.1) is 0 Å². The smallest absolute Gasteiger partial charge is 0.339 e. The minimum atomic E-state index is -1.25. The van der Waals surface area contributed by atoms with Crippen LogP contribution in [-0.2, 0) is 9.53 Å². The van der Waals surface area contributed by atoms with Gasteiger partial charge in [0.2, 0.25) is 0 Å². The maximum atomic E-state index is 11.1. The molecular weight excluding hydrogens is 238 g/mol. The maximum Gasteiger partial charge on any atom is 0.339 e. The second kappa shape index (κ2) is 5.50. The highest BCUT2D eigenvalue weighted by Gasteiger charge is 2.20. The van der Waals surface area contributed by atoms with Crippen LogP contribution in [0.25, 0.3) is 0 Å². The summed E-state index contributed by atoms with van der Waals surface area (Å²) in [7, 11) is 1.23. The number of esters is 1. The Morgan fingerprint density at radius 3 is 2.56 bits per heavy atom. The topological polar surface area (TPSA) is 110 Å². The molecule has 1 aromatic carbocycles. The molecule has 0 amide bonds. The fraction of sp³-hybridized carbons (Fsp3) is 0.333.